The summed E-state index contributed by atoms with van der Waals surface area (Å²) in [5.41, 5.74) is 0.0774. The van der Waals surface area contributed by atoms with Crippen LogP contribution < -0.4 is 4.72 Å². The maximum atomic E-state index is 12.4. The van der Waals surface area contributed by atoms with E-state index >= 15 is 0 Å². The fourth-order valence-electron chi connectivity index (χ4n) is 2.56. The summed E-state index contributed by atoms with van der Waals surface area (Å²) >= 11 is 1.69. The Hall–Kier alpha value is -1.05. The minimum absolute atomic E-state index is 0.0575. The average molecular weight is 329 g/mol. The second kappa shape index (κ2) is 6.81. The zero-order chi connectivity index (χ0) is 15.5. The van der Waals surface area contributed by atoms with Crippen LogP contribution in [-0.2, 0) is 10.0 Å². The molecular formula is C14H19NO4S2. The van der Waals surface area contributed by atoms with Crippen LogP contribution in [0.25, 0.3) is 0 Å². The summed E-state index contributed by atoms with van der Waals surface area (Å²) in [6.45, 7) is 0. The Morgan fingerprint density at radius 2 is 1.86 bits per heavy atom. The van der Waals surface area contributed by atoms with Gasteiger partial charge in [-0.3, -0.25) is 0 Å². The second-order valence-electron chi connectivity index (χ2n) is 5.12. The highest BCUT2D eigenvalue weighted by molar-refractivity contribution is 7.99. The number of benzene rings is 1. The quantitative estimate of drug-likeness (QED) is 0.866. The van der Waals surface area contributed by atoms with Crippen LogP contribution in [0.2, 0.25) is 0 Å². The van der Waals surface area contributed by atoms with Gasteiger partial charge in [0.15, 0.2) is 0 Å². The van der Waals surface area contributed by atoms with Crippen molar-refractivity contribution in [3.8, 4) is 0 Å². The molecule has 0 bridgehead atoms. The Labute approximate surface area is 129 Å². The molecule has 0 heterocycles. The number of nitrogens with one attached hydrogen (secondary N) is 1. The van der Waals surface area contributed by atoms with E-state index in [1.54, 1.807) is 11.8 Å². The predicted octanol–water partition coefficient (Wildman–Crippen LogP) is 2.34. The van der Waals surface area contributed by atoms with E-state index < -0.39 is 16.0 Å². The van der Waals surface area contributed by atoms with Crippen LogP contribution in [-0.4, -0.2) is 37.0 Å². The highest BCUT2D eigenvalue weighted by atomic mass is 32.2. The van der Waals surface area contributed by atoms with E-state index in [0.717, 1.165) is 25.7 Å². The Morgan fingerprint density at radius 1 is 1.24 bits per heavy atom. The van der Waals surface area contributed by atoms with Crippen LogP contribution in [0.1, 0.15) is 36.0 Å². The fraction of sp³-hybridized carbons (Fsp3) is 0.500. The highest BCUT2D eigenvalue weighted by Gasteiger charge is 2.28. The molecule has 1 fully saturated rings. The van der Waals surface area contributed by atoms with Gasteiger partial charge in [-0.05, 0) is 43.4 Å². The van der Waals surface area contributed by atoms with Crippen LogP contribution in [0.15, 0.2) is 29.2 Å². The molecule has 0 aromatic heterocycles. The maximum absolute atomic E-state index is 12.4. The molecule has 1 aliphatic rings. The lowest BCUT2D eigenvalue weighted by atomic mass is 9.96. The zero-order valence-corrected chi connectivity index (χ0v) is 13.4. The van der Waals surface area contributed by atoms with Gasteiger partial charge >= 0.3 is 5.97 Å². The number of aromatic carboxylic acids is 1. The van der Waals surface area contributed by atoms with Crippen molar-refractivity contribution in [3.63, 3.8) is 0 Å². The summed E-state index contributed by atoms with van der Waals surface area (Å²) in [5.74, 6) is -1.07. The van der Waals surface area contributed by atoms with E-state index in [9.17, 15) is 13.2 Å². The summed E-state index contributed by atoms with van der Waals surface area (Å²) in [4.78, 5) is 10.9. The first kappa shape index (κ1) is 16.3. The van der Waals surface area contributed by atoms with Gasteiger partial charge in [0.1, 0.15) is 0 Å². The lowest BCUT2D eigenvalue weighted by Crippen LogP contribution is -2.43. The van der Waals surface area contributed by atoms with Gasteiger partial charge in [0, 0.05) is 11.3 Å². The lowest BCUT2D eigenvalue weighted by Gasteiger charge is -2.30. The van der Waals surface area contributed by atoms with Crippen LogP contribution >= 0.6 is 11.8 Å². The molecule has 0 aliphatic heterocycles. The van der Waals surface area contributed by atoms with Gasteiger partial charge in [0.05, 0.1) is 10.5 Å². The van der Waals surface area contributed by atoms with Crippen molar-refractivity contribution in [2.75, 3.05) is 6.26 Å². The largest absolute Gasteiger partial charge is 0.478 e. The molecule has 0 spiro atoms. The van der Waals surface area contributed by atoms with Crippen molar-refractivity contribution < 1.29 is 18.3 Å². The van der Waals surface area contributed by atoms with Crippen LogP contribution in [0.3, 0.4) is 0 Å². The normalized spacial score (nSPS) is 22.9. The molecule has 7 heteroatoms. The van der Waals surface area contributed by atoms with Gasteiger partial charge in [0.25, 0.3) is 0 Å². The smallest absolute Gasteiger partial charge is 0.335 e. The van der Waals surface area contributed by atoms with Gasteiger partial charge in [-0.1, -0.05) is 12.8 Å². The highest BCUT2D eigenvalue weighted by Crippen LogP contribution is 2.28. The molecule has 0 amide bonds. The topological polar surface area (TPSA) is 83.5 Å². The summed E-state index contributed by atoms with van der Waals surface area (Å²) < 4.78 is 27.5. The summed E-state index contributed by atoms with van der Waals surface area (Å²) in [6, 6.07) is 5.23. The van der Waals surface area contributed by atoms with E-state index in [-0.39, 0.29) is 16.5 Å². The first-order valence-corrected chi connectivity index (χ1v) is 9.59. The Bertz CT molecular complexity index is 598. The van der Waals surface area contributed by atoms with E-state index in [1.807, 2.05) is 6.26 Å². The van der Waals surface area contributed by atoms with E-state index in [0.29, 0.717) is 5.25 Å². The fourth-order valence-corrected chi connectivity index (χ4v) is 4.89. The minimum atomic E-state index is -3.60. The average Bonchev–Trinajstić information content (AvgIpc) is 2.47. The molecule has 5 nitrogen and oxygen atoms in total. The van der Waals surface area contributed by atoms with E-state index in [4.69, 9.17) is 5.11 Å². The molecule has 2 unspecified atom stereocenters. The van der Waals surface area contributed by atoms with E-state index in [2.05, 4.69) is 4.72 Å². The molecule has 1 aromatic carbocycles. The third-order valence-corrected chi connectivity index (χ3v) is 6.40. The monoisotopic (exact) mass is 329 g/mol. The molecule has 1 aliphatic carbocycles. The molecule has 2 rings (SSSR count). The van der Waals surface area contributed by atoms with Gasteiger partial charge in [-0.25, -0.2) is 17.9 Å². The number of hydrogen-bond donors (Lipinski definition) is 2. The molecule has 1 aromatic rings. The van der Waals surface area contributed by atoms with Crippen molar-refractivity contribution in [1.82, 2.24) is 4.72 Å². The number of hydrogen-bond acceptors (Lipinski definition) is 4. The molecule has 2 N–H and O–H groups in total. The van der Waals surface area contributed by atoms with Crippen LogP contribution in [0.5, 0.6) is 0 Å². The van der Waals surface area contributed by atoms with Crippen molar-refractivity contribution >= 4 is 27.8 Å². The predicted molar refractivity (Wildman–Crippen MR) is 83.3 cm³/mol. The first-order chi connectivity index (χ1) is 9.94. The van der Waals surface area contributed by atoms with Crippen molar-refractivity contribution in [1.29, 1.82) is 0 Å². The summed E-state index contributed by atoms with van der Waals surface area (Å²) in [5, 5.41) is 9.14. The molecular weight excluding hydrogens is 310 g/mol. The number of sulfonamides is 1. The first-order valence-electron chi connectivity index (χ1n) is 6.82. The zero-order valence-electron chi connectivity index (χ0n) is 11.8. The molecule has 1 saturated carbocycles. The van der Waals surface area contributed by atoms with Crippen molar-refractivity contribution in [3.05, 3.63) is 29.8 Å². The van der Waals surface area contributed by atoms with E-state index in [1.165, 1.54) is 24.3 Å². The van der Waals surface area contributed by atoms with Gasteiger partial charge < -0.3 is 5.11 Å². The van der Waals surface area contributed by atoms with Crippen LogP contribution in [0, 0.1) is 0 Å². The number of rotatable bonds is 5. The Balaban J connectivity index is 2.15. The standard InChI is InChI=1S/C14H19NO4S2/c1-20-13-5-3-2-4-12(13)15-21(18,19)11-8-6-10(7-9-11)14(16)17/h6-9,12-13,15H,2-5H2,1H3,(H,16,17). The molecule has 0 saturated heterocycles. The van der Waals surface area contributed by atoms with Crippen molar-refractivity contribution in [2.24, 2.45) is 0 Å². The van der Waals surface area contributed by atoms with Gasteiger partial charge in [-0.15, -0.1) is 0 Å². The SMILES string of the molecule is CSC1CCCCC1NS(=O)(=O)c1ccc(C(=O)O)cc1. The molecule has 0 radical (unpaired) electrons. The minimum Gasteiger partial charge on any atom is -0.478 e. The third-order valence-electron chi connectivity index (χ3n) is 3.72. The van der Waals surface area contributed by atoms with Gasteiger partial charge in [-0.2, -0.15) is 11.8 Å². The molecule has 116 valence electrons. The third kappa shape index (κ3) is 3.99. The van der Waals surface area contributed by atoms with Gasteiger partial charge in [0.2, 0.25) is 10.0 Å². The number of carboxylic acid groups (broad SMARTS) is 1. The number of carboxylic acids is 1. The maximum Gasteiger partial charge on any atom is 0.335 e. The Kier molecular flexibility index (Phi) is 5.29. The Morgan fingerprint density at radius 3 is 2.43 bits per heavy atom. The molecule has 21 heavy (non-hydrogen) atoms. The number of thioether (sulfide) groups is 1. The lowest BCUT2D eigenvalue weighted by molar-refractivity contribution is 0.0696. The summed E-state index contributed by atoms with van der Waals surface area (Å²) in [7, 11) is -3.60. The van der Waals surface area contributed by atoms with Crippen LogP contribution in [0.4, 0.5) is 0 Å². The van der Waals surface area contributed by atoms with Crippen molar-refractivity contribution in [2.45, 2.75) is 41.9 Å². The second-order valence-corrected chi connectivity index (χ2v) is 7.91. The number of carbonyl (C=O) groups is 1. The summed E-state index contributed by atoms with van der Waals surface area (Å²) in [6.07, 6.45) is 6.03. The molecule has 2 atom stereocenters.